The quantitative estimate of drug-likeness (QED) is 0.837. The van der Waals surface area contributed by atoms with Gasteiger partial charge in [0, 0.05) is 25.0 Å². The molecule has 2 aromatic rings. The standard InChI is InChI=1S/C17H24FN3/c1-4-10-21-11-9-19-16(21)12-20-17(13(2)3)14-5-7-15(18)8-6-14/h5-9,11,13,17,20H,4,10,12H2,1-3H3. The van der Waals surface area contributed by atoms with E-state index in [9.17, 15) is 4.39 Å². The molecule has 3 nitrogen and oxygen atoms in total. The van der Waals surface area contributed by atoms with Crippen LogP contribution in [0.2, 0.25) is 0 Å². The number of nitrogens with one attached hydrogen (secondary N) is 1. The molecule has 0 fully saturated rings. The molecule has 2 rings (SSSR count). The molecule has 1 aromatic carbocycles. The van der Waals surface area contributed by atoms with E-state index in [0.717, 1.165) is 24.4 Å². The van der Waals surface area contributed by atoms with Gasteiger partial charge in [-0.1, -0.05) is 32.9 Å². The minimum absolute atomic E-state index is 0.192. The first-order chi connectivity index (χ1) is 10.1. The van der Waals surface area contributed by atoms with Crippen molar-refractivity contribution in [3.05, 3.63) is 53.9 Å². The van der Waals surface area contributed by atoms with Gasteiger partial charge >= 0.3 is 0 Å². The van der Waals surface area contributed by atoms with E-state index in [1.165, 1.54) is 12.1 Å². The Bertz CT molecular complexity index is 545. The van der Waals surface area contributed by atoms with Gasteiger partial charge in [0.05, 0.1) is 6.54 Å². The summed E-state index contributed by atoms with van der Waals surface area (Å²) in [7, 11) is 0. The van der Waals surface area contributed by atoms with Gasteiger partial charge in [0.15, 0.2) is 0 Å². The van der Waals surface area contributed by atoms with Gasteiger partial charge in [-0.3, -0.25) is 0 Å². The molecule has 1 heterocycles. The van der Waals surface area contributed by atoms with E-state index in [1.807, 2.05) is 24.5 Å². The summed E-state index contributed by atoms with van der Waals surface area (Å²) >= 11 is 0. The lowest BCUT2D eigenvalue weighted by molar-refractivity contribution is 0.400. The van der Waals surface area contributed by atoms with Crippen molar-refractivity contribution >= 4 is 0 Å². The topological polar surface area (TPSA) is 29.9 Å². The van der Waals surface area contributed by atoms with Crippen LogP contribution in [0.15, 0.2) is 36.7 Å². The van der Waals surface area contributed by atoms with Gasteiger partial charge in [-0.05, 0) is 30.0 Å². The van der Waals surface area contributed by atoms with Crippen molar-refractivity contribution in [2.75, 3.05) is 0 Å². The monoisotopic (exact) mass is 289 g/mol. The molecular formula is C17H24FN3. The summed E-state index contributed by atoms with van der Waals surface area (Å²) < 4.78 is 15.2. The Morgan fingerprint density at radius 2 is 1.95 bits per heavy atom. The first-order valence-corrected chi connectivity index (χ1v) is 7.60. The molecule has 0 saturated heterocycles. The molecule has 0 amide bonds. The number of aryl methyl sites for hydroxylation is 1. The Morgan fingerprint density at radius 3 is 2.57 bits per heavy atom. The lowest BCUT2D eigenvalue weighted by atomic mass is 9.96. The highest BCUT2D eigenvalue weighted by atomic mass is 19.1. The molecule has 0 aliphatic carbocycles. The van der Waals surface area contributed by atoms with Gasteiger partial charge in [-0.2, -0.15) is 0 Å². The van der Waals surface area contributed by atoms with Gasteiger partial charge in [0.25, 0.3) is 0 Å². The average Bonchev–Trinajstić information content (AvgIpc) is 2.89. The fourth-order valence-electron chi connectivity index (χ4n) is 2.56. The van der Waals surface area contributed by atoms with Crippen molar-refractivity contribution in [1.82, 2.24) is 14.9 Å². The molecular weight excluding hydrogens is 265 g/mol. The molecule has 0 saturated carbocycles. The van der Waals surface area contributed by atoms with Crippen molar-refractivity contribution in [1.29, 1.82) is 0 Å². The lowest BCUT2D eigenvalue weighted by Crippen LogP contribution is -2.26. The summed E-state index contributed by atoms with van der Waals surface area (Å²) in [4.78, 5) is 4.41. The highest BCUT2D eigenvalue weighted by molar-refractivity contribution is 5.20. The maximum Gasteiger partial charge on any atom is 0.123 e. The molecule has 1 N–H and O–H groups in total. The molecule has 0 bridgehead atoms. The zero-order chi connectivity index (χ0) is 15.2. The predicted molar refractivity (Wildman–Crippen MR) is 83.3 cm³/mol. The molecule has 21 heavy (non-hydrogen) atoms. The van der Waals surface area contributed by atoms with Crippen molar-refractivity contribution in [3.8, 4) is 0 Å². The van der Waals surface area contributed by atoms with Crippen LogP contribution in [0.3, 0.4) is 0 Å². The normalized spacial score (nSPS) is 12.8. The molecule has 0 aliphatic rings. The fourth-order valence-corrected chi connectivity index (χ4v) is 2.56. The molecule has 1 atom stereocenters. The number of hydrogen-bond donors (Lipinski definition) is 1. The van der Waals surface area contributed by atoms with Crippen LogP contribution in [0, 0.1) is 11.7 Å². The van der Waals surface area contributed by atoms with Crippen LogP contribution in [0.1, 0.15) is 44.6 Å². The van der Waals surface area contributed by atoms with Gasteiger partial charge < -0.3 is 9.88 Å². The van der Waals surface area contributed by atoms with Crippen LogP contribution in [0.5, 0.6) is 0 Å². The third-order valence-corrected chi connectivity index (χ3v) is 3.64. The number of benzene rings is 1. The van der Waals surface area contributed by atoms with E-state index in [4.69, 9.17) is 0 Å². The molecule has 114 valence electrons. The highest BCUT2D eigenvalue weighted by Crippen LogP contribution is 2.22. The molecule has 1 unspecified atom stereocenters. The second kappa shape index (κ2) is 7.36. The van der Waals surface area contributed by atoms with E-state index >= 15 is 0 Å². The van der Waals surface area contributed by atoms with Gasteiger partial charge in [-0.25, -0.2) is 9.37 Å². The van der Waals surface area contributed by atoms with Crippen LogP contribution in [-0.4, -0.2) is 9.55 Å². The number of halogens is 1. The zero-order valence-electron chi connectivity index (χ0n) is 13.0. The Kier molecular flexibility index (Phi) is 5.51. The second-order valence-corrected chi connectivity index (χ2v) is 5.69. The second-order valence-electron chi connectivity index (χ2n) is 5.69. The number of nitrogens with zero attached hydrogens (tertiary/aromatic N) is 2. The van der Waals surface area contributed by atoms with Crippen molar-refractivity contribution in [2.24, 2.45) is 5.92 Å². The molecule has 4 heteroatoms. The zero-order valence-corrected chi connectivity index (χ0v) is 13.0. The van der Waals surface area contributed by atoms with Crippen LogP contribution in [0.25, 0.3) is 0 Å². The third-order valence-electron chi connectivity index (χ3n) is 3.64. The molecule has 0 radical (unpaired) electrons. The molecule has 0 spiro atoms. The van der Waals surface area contributed by atoms with Crippen molar-refractivity contribution in [3.63, 3.8) is 0 Å². The van der Waals surface area contributed by atoms with Crippen LogP contribution >= 0.6 is 0 Å². The maximum absolute atomic E-state index is 13.1. The summed E-state index contributed by atoms with van der Waals surface area (Å²) in [6.07, 6.45) is 4.95. The number of imidazole rings is 1. The SMILES string of the molecule is CCCn1ccnc1CNC(c1ccc(F)cc1)C(C)C. The van der Waals surface area contributed by atoms with Gasteiger partial charge in [0.1, 0.15) is 11.6 Å². The van der Waals surface area contributed by atoms with Crippen LogP contribution < -0.4 is 5.32 Å². The first kappa shape index (κ1) is 15.7. The van der Waals surface area contributed by atoms with Crippen molar-refractivity contribution < 1.29 is 4.39 Å². The van der Waals surface area contributed by atoms with Gasteiger partial charge in [0.2, 0.25) is 0 Å². The predicted octanol–water partition coefficient (Wildman–Crippen LogP) is 3.92. The van der Waals surface area contributed by atoms with E-state index in [0.29, 0.717) is 12.5 Å². The number of rotatable bonds is 7. The number of hydrogen-bond acceptors (Lipinski definition) is 2. The smallest absolute Gasteiger partial charge is 0.123 e. The van der Waals surface area contributed by atoms with Crippen LogP contribution in [0.4, 0.5) is 4.39 Å². The van der Waals surface area contributed by atoms with Crippen molar-refractivity contribution in [2.45, 2.75) is 46.3 Å². The fraction of sp³-hybridized carbons (Fsp3) is 0.471. The lowest BCUT2D eigenvalue weighted by Gasteiger charge is -2.23. The summed E-state index contributed by atoms with van der Waals surface area (Å²) in [5.74, 6) is 1.27. The van der Waals surface area contributed by atoms with Gasteiger partial charge in [-0.15, -0.1) is 0 Å². The largest absolute Gasteiger partial charge is 0.334 e. The Labute approximate surface area is 126 Å². The summed E-state index contributed by atoms with van der Waals surface area (Å²) in [6, 6.07) is 6.93. The van der Waals surface area contributed by atoms with Crippen LogP contribution in [-0.2, 0) is 13.1 Å². The first-order valence-electron chi connectivity index (χ1n) is 7.60. The number of aromatic nitrogens is 2. The molecule has 0 aliphatic heterocycles. The average molecular weight is 289 g/mol. The Hall–Kier alpha value is -1.68. The van der Waals surface area contributed by atoms with E-state index in [-0.39, 0.29) is 11.9 Å². The minimum Gasteiger partial charge on any atom is -0.334 e. The third kappa shape index (κ3) is 4.14. The van der Waals surface area contributed by atoms with E-state index in [2.05, 4.69) is 35.6 Å². The Morgan fingerprint density at radius 1 is 1.24 bits per heavy atom. The maximum atomic E-state index is 13.1. The summed E-state index contributed by atoms with van der Waals surface area (Å²) in [6.45, 7) is 8.19. The van der Waals surface area contributed by atoms with E-state index < -0.39 is 0 Å². The summed E-state index contributed by atoms with van der Waals surface area (Å²) in [5.41, 5.74) is 1.11. The Balaban J connectivity index is 2.06. The van der Waals surface area contributed by atoms with E-state index in [1.54, 1.807) is 0 Å². The molecule has 1 aromatic heterocycles. The highest BCUT2D eigenvalue weighted by Gasteiger charge is 2.16. The summed E-state index contributed by atoms with van der Waals surface area (Å²) in [5, 5.41) is 3.55. The minimum atomic E-state index is -0.195.